The van der Waals surface area contributed by atoms with Gasteiger partial charge in [0.15, 0.2) is 0 Å². The fraction of sp³-hybridized carbons (Fsp3) is 1.00. The molecule has 106 valence electrons. The highest BCUT2D eigenvalue weighted by molar-refractivity contribution is 5.86. The van der Waals surface area contributed by atoms with E-state index in [9.17, 15) is 0 Å². The number of rotatable bonds is 8. The van der Waals surface area contributed by atoms with Gasteiger partial charge in [-0.15, -0.1) is 49.6 Å². The van der Waals surface area contributed by atoms with Crippen LogP contribution in [0.4, 0.5) is 0 Å². The second-order valence-electron chi connectivity index (χ2n) is 2.97. The maximum atomic E-state index is 5.36. The van der Waals surface area contributed by atoms with Crippen molar-refractivity contribution in [3.05, 3.63) is 0 Å². The van der Waals surface area contributed by atoms with Crippen molar-refractivity contribution in [2.45, 2.75) is 19.4 Å². The summed E-state index contributed by atoms with van der Waals surface area (Å²) in [6.07, 6.45) is 1.12. The Kier molecular flexibility index (Phi) is 47.2. The van der Waals surface area contributed by atoms with E-state index in [1.54, 1.807) is 0 Å². The lowest BCUT2D eigenvalue weighted by Crippen LogP contribution is -2.34. The van der Waals surface area contributed by atoms with Gasteiger partial charge in [0, 0.05) is 32.2 Å². The summed E-state index contributed by atoms with van der Waals surface area (Å²) in [5, 5.41) is 6.56. The lowest BCUT2D eigenvalue weighted by Gasteiger charge is -2.12. The number of halogens is 4. The minimum absolute atomic E-state index is 0. The van der Waals surface area contributed by atoms with Crippen molar-refractivity contribution in [1.29, 1.82) is 0 Å². The van der Waals surface area contributed by atoms with Crippen molar-refractivity contribution >= 4 is 49.6 Å². The van der Waals surface area contributed by atoms with Crippen LogP contribution in [0.1, 0.15) is 13.3 Å². The Morgan fingerprint density at radius 2 is 1.38 bits per heavy atom. The molecular weight excluding hydrogens is 294 g/mol. The second-order valence-corrected chi connectivity index (χ2v) is 2.97. The Labute approximate surface area is 124 Å². The summed E-state index contributed by atoms with van der Waals surface area (Å²) < 4.78 is 0. The molecule has 0 aliphatic carbocycles. The molecule has 0 bridgehead atoms. The lowest BCUT2D eigenvalue weighted by atomic mass is 10.2. The summed E-state index contributed by atoms with van der Waals surface area (Å²) in [5.41, 5.74) is 10.7. The van der Waals surface area contributed by atoms with Gasteiger partial charge in [0.25, 0.3) is 0 Å². The van der Waals surface area contributed by atoms with Crippen molar-refractivity contribution in [2.24, 2.45) is 11.5 Å². The molecule has 16 heavy (non-hydrogen) atoms. The minimum Gasteiger partial charge on any atom is -0.329 e. The molecule has 0 spiro atoms. The monoisotopic (exact) mass is 318 g/mol. The molecule has 0 amide bonds. The standard InChI is InChI=1S/C8H22N4.4ClH/c1-8(12-7-4-10)2-5-11-6-3-9;;;;/h8,11-12H,2-7,9-10H2,1H3;4*1H. The topological polar surface area (TPSA) is 76.1 Å². The zero-order valence-electron chi connectivity index (χ0n) is 9.61. The smallest absolute Gasteiger partial charge is 0.00769 e. The van der Waals surface area contributed by atoms with Crippen molar-refractivity contribution < 1.29 is 0 Å². The highest BCUT2D eigenvalue weighted by Crippen LogP contribution is 1.86. The van der Waals surface area contributed by atoms with Crippen molar-refractivity contribution in [2.75, 3.05) is 32.7 Å². The predicted octanol–water partition coefficient (Wildman–Crippen LogP) is 0.549. The average Bonchev–Trinajstić information content (AvgIpc) is 2.09. The Morgan fingerprint density at radius 1 is 0.875 bits per heavy atom. The van der Waals surface area contributed by atoms with E-state index in [2.05, 4.69) is 17.6 Å². The molecular formula is C8H26Cl4N4. The van der Waals surface area contributed by atoms with Crippen molar-refractivity contribution in [3.8, 4) is 0 Å². The molecule has 0 aromatic heterocycles. The normalized spacial score (nSPS) is 9.94. The third-order valence-electron chi connectivity index (χ3n) is 1.71. The van der Waals surface area contributed by atoms with Gasteiger partial charge in [0.05, 0.1) is 0 Å². The summed E-state index contributed by atoms with van der Waals surface area (Å²) in [5.74, 6) is 0. The first-order valence-corrected chi connectivity index (χ1v) is 4.65. The summed E-state index contributed by atoms with van der Waals surface area (Å²) in [6.45, 7) is 6.42. The van der Waals surface area contributed by atoms with Crippen LogP contribution >= 0.6 is 49.6 Å². The molecule has 0 aromatic carbocycles. The number of hydrogen-bond acceptors (Lipinski definition) is 4. The van der Waals surface area contributed by atoms with E-state index in [1.165, 1.54) is 0 Å². The molecule has 0 heterocycles. The summed E-state index contributed by atoms with van der Waals surface area (Å²) in [6, 6.07) is 0.541. The molecule has 6 N–H and O–H groups in total. The van der Waals surface area contributed by atoms with Crippen LogP contribution in [-0.4, -0.2) is 38.8 Å². The number of hydrogen-bond donors (Lipinski definition) is 4. The van der Waals surface area contributed by atoms with Crippen LogP contribution < -0.4 is 22.1 Å². The first-order chi connectivity index (χ1) is 5.81. The highest BCUT2D eigenvalue weighted by Gasteiger charge is 1.98. The van der Waals surface area contributed by atoms with Crippen LogP contribution in [0.3, 0.4) is 0 Å². The van der Waals surface area contributed by atoms with Gasteiger partial charge in [-0.25, -0.2) is 0 Å². The van der Waals surface area contributed by atoms with E-state index in [1.807, 2.05) is 0 Å². The molecule has 0 aliphatic heterocycles. The number of nitrogens with one attached hydrogen (secondary N) is 2. The Bertz CT molecular complexity index is 100. The summed E-state index contributed by atoms with van der Waals surface area (Å²) in [4.78, 5) is 0. The van der Waals surface area contributed by atoms with E-state index >= 15 is 0 Å². The van der Waals surface area contributed by atoms with E-state index in [4.69, 9.17) is 11.5 Å². The van der Waals surface area contributed by atoms with E-state index in [0.717, 1.165) is 26.1 Å². The molecule has 0 radical (unpaired) electrons. The van der Waals surface area contributed by atoms with Crippen LogP contribution in [0.2, 0.25) is 0 Å². The van der Waals surface area contributed by atoms with Crippen LogP contribution in [-0.2, 0) is 0 Å². The largest absolute Gasteiger partial charge is 0.329 e. The summed E-state index contributed by atoms with van der Waals surface area (Å²) >= 11 is 0. The molecule has 0 aliphatic rings. The Hall–Kier alpha value is 1.00. The molecule has 4 nitrogen and oxygen atoms in total. The fourth-order valence-electron chi connectivity index (χ4n) is 0.977. The number of nitrogens with two attached hydrogens (primary N) is 2. The first-order valence-electron chi connectivity index (χ1n) is 4.65. The first kappa shape index (κ1) is 30.2. The van der Waals surface area contributed by atoms with Gasteiger partial charge in [-0.3, -0.25) is 0 Å². The lowest BCUT2D eigenvalue weighted by molar-refractivity contribution is 0.500. The zero-order chi connectivity index (χ0) is 9.23. The quantitative estimate of drug-likeness (QED) is 0.493. The van der Waals surface area contributed by atoms with Crippen molar-refractivity contribution in [1.82, 2.24) is 10.6 Å². The van der Waals surface area contributed by atoms with E-state index in [-0.39, 0.29) is 49.6 Å². The highest BCUT2D eigenvalue weighted by atomic mass is 35.5. The van der Waals surface area contributed by atoms with Crippen LogP contribution in [0, 0.1) is 0 Å². The maximum Gasteiger partial charge on any atom is 0.00769 e. The molecule has 0 fully saturated rings. The van der Waals surface area contributed by atoms with Gasteiger partial charge in [0.2, 0.25) is 0 Å². The third kappa shape index (κ3) is 24.3. The van der Waals surface area contributed by atoms with Crippen LogP contribution in [0.5, 0.6) is 0 Å². The summed E-state index contributed by atoms with van der Waals surface area (Å²) in [7, 11) is 0. The average molecular weight is 320 g/mol. The predicted molar refractivity (Wildman–Crippen MR) is 82.1 cm³/mol. The van der Waals surface area contributed by atoms with Gasteiger partial charge >= 0.3 is 0 Å². The van der Waals surface area contributed by atoms with E-state index in [0.29, 0.717) is 19.1 Å². The van der Waals surface area contributed by atoms with Crippen molar-refractivity contribution in [3.63, 3.8) is 0 Å². The third-order valence-corrected chi connectivity index (χ3v) is 1.71. The van der Waals surface area contributed by atoms with Gasteiger partial charge < -0.3 is 22.1 Å². The van der Waals surface area contributed by atoms with E-state index < -0.39 is 0 Å². The SMILES string of the molecule is CC(CCNCCN)NCCN.Cl.Cl.Cl.Cl. The van der Waals surface area contributed by atoms with Gasteiger partial charge in [-0.1, -0.05) is 0 Å². The molecule has 0 saturated heterocycles. The second kappa shape index (κ2) is 25.0. The molecule has 1 atom stereocenters. The molecule has 0 rings (SSSR count). The van der Waals surface area contributed by atoms with Crippen LogP contribution in [0.25, 0.3) is 0 Å². The minimum atomic E-state index is 0. The Morgan fingerprint density at radius 3 is 1.81 bits per heavy atom. The van der Waals surface area contributed by atoms with Gasteiger partial charge in [0.1, 0.15) is 0 Å². The van der Waals surface area contributed by atoms with Gasteiger partial charge in [-0.2, -0.15) is 0 Å². The molecule has 0 saturated carbocycles. The van der Waals surface area contributed by atoms with Gasteiger partial charge in [-0.05, 0) is 19.9 Å². The maximum absolute atomic E-state index is 5.36. The molecule has 1 unspecified atom stereocenters. The molecule has 8 heteroatoms. The molecule has 0 aromatic rings. The Balaban J connectivity index is -0.000000101. The fourth-order valence-corrected chi connectivity index (χ4v) is 0.977. The van der Waals surface area contributed by atoms with Crippen LogP contribution in [0.15, 0.2) is 0 Å². The zero-order valence-corrected chi connectivity index (χ0v) is 12.9.